The molecule has 0 saturated heterocycles. The summed E-state index contributed by atoms with van der Waals surface area (Å²) < 4.78 is 0. The van der Waals surface area contributed by atoms with E-state index in [4.69, 9.17) is 0 Å². The van der Waals surface area contributed by atoms with Gasteiger partial charge < -0.3 is 19.8 Å². The number of hydrogen-bond acceptors (Lipinski definition) is 4. The van der Waals surface area contributed by atoms with E-state index < -0.39 is 11.9 Å². The molecule has 4 nitrogen and oxygen atoms in total. The van der Waals surface area contributed by atoms with Crippen LogP contribution in [0.3, 0.4) is 0 Å². The van der Waals surface area contributed by atoms with Crippen LogP contribution >= 0.6 is 0 Å². The predicted molar refractivity (Wildman–Crippen MR) is 61.9 cm³/mol. The molecule has 0 fully saturated rings. The summed E-state index contributed by atoms with van der Waals surface area (Å²) in [5.41, 5.74) is 0. The molecule has 0 aliphatic carbocycles. The molecule has 0 aromatic heterocycles. The fourth-order valence-corrected chi connectivity index (χ4v) is 1.60. The van der Waals surface area contributed by atoms with Gasteiger partial charge in [-0.25, -0.2) is 0 Å². The molecule has 0 unspecified atom stereocenters. The van der Waals surface area contributed by atoms with Crippen LogP contribution in [0.25, 0.3) is 0 Å². The first kappa shape index (κ1) is 19.1. The monoisotopic (exact) mass is 348 g/mol. The Balaban J connectivity index is 0. The Morgan fingerprint density at radius 2 is 0.824 bits per heavy atom. The number of hydrogen-bond donors (Lipinski definition) is 0. The maximum absolute atomic E-state index is 10.1. The standard InChI is InChI=1S/C12H22O4.Sn/c13-11(14)9-7-5-3-1-2-4-6-8-10-12(15)16;/h1-10H2,(H,13,14)(H,15,16);/q;+2/p-2. The van der Waals surface area contributed by atoms with Gasteiger partial charge >= 0.3 is 23.9 Å². The molecule has 0 rings (SSSR count). The van der Waals surface area contributed by atoms with E-state index in [9.17, 15) is 19.8 Å². The number of carboxylic acid groups (broad SMARTS) is 2. The summed E-state index contributed by atoms with van der Waals surface area (Å²) in [6, 6.07) is 0. The third-order valence-electron chi connectivity index (χ3n) is 2.51. The first-order valence-corrected chi connectivity index (χ1v) is 6.02. The molecule has 0 atom stereocenters. The fraction of sp³-hybridized carbons (Fsp3) is 0.833. The maximum atomic E-state index is 10.1. The van der Waals surface area contributed by atoms with Crippen molar-refractivity contribution in [3.8, 4) is 0 Å². The van der Waals surface area contributed by atoms with Gasteiger partial charge in [0.1, 0.15) is 0 Å². The van der Waals surface area contributed by atoms with Crippen LogP contribution in [0, 0.1) is 0 Å². The molecule has 0 aromatic rings. The van der Waals surface area contributed by atoms with E-state index in [2.05, 4.69) is 0 Å². The Bertz CT molecular complexity index is 185. The van der Waals surface area contributed by atoms with Crippen LogP contribution < -0.4 is 10.2 Å². The van der Waals surface area contributed by atoms with E-state index in [0.29, 0.717) is 12.8 Å². The first-order chi connectivity index (χ1) is 7.63. The summed E-state index contributed by atoms with van der Waals surface area (Å²) in [6.45, 7) is 0. The second-order valence-electron chi connectivity index (χ2n) is 4.07. The van der Waals surface area contributed by atoms with E-state index in [0.717, 1.165) is 38.5 Å². The van der Waals surface area contributed by atoms with Gasteiger partial charge in [0.05, 0.1) is 0 Å². The van der Waals surface area contributed by atoms with Crippen molar-refractivity contribution in [2.75, 3.05) is 0 Å². The summed E-state index contributed by atoms with van der Waals surface area (Å²) in [5.74, 6) is -1.94. The van der Waals surface area contributed by atoms with Gasteiger partial charge in [0.25, 0.3) is 0 Å². The average Bonchev–Trinajstić information content (AvgIpc) is 2.20. The Morgan fingerprint density at radius 1 is 0.588 bits per heavy atom. The van der Waals surface area contributed by atoms with Crippen molar-refractivity contribution in [2.45, 2.75) is 64.2 Å². The minimum absolute atomic E-state index is 0. The molecule has 5 heteroatoms. The molecule has 17 heavy (non-hydrogen) atoms. The van der Waals surface area contributed by atoms with Gasteiger partial charge in [0, 0.05) is 11.9 Å². The number of carbonyl (C=O) groups is 2. The van der Waals surface area contributed by atoms with Gasteiger partial charge in [-0.2, -0.15) is 0 Å². The zero-order valence-electron chi connectivity index (χ0n) is 10.2. The quantitative estimate of drug-likeness (QED) is 0.390. The number of carboxylic acids is 2. The van der Waals surface area contributed by atoms with E-state index in [1.807, 2.05) is 0 Å². The SMILES string of the molecule is O=C([O-])CCCCCCCCCCC(=O)[O-].[Sn+2]. The van der Waals surface area contributed by atoms with Crippen molar-refractivity contribution < 1.29 is 19.8 Å². The van der Waals surface area contributed by atoms with Crippen LogP contribution in [-0.2, 0) is 9.59 Å². The minimum Gasteiger partial charge on any atom is -0.550 e. The molecule has 0 aliphatic rings. The Labute approximate surface area is 120 Å². The Morgan fingerprint density at radius 3 is 1.06 bits per heavy atom. The molecule has 0 saturated carbocycles. The molecule has 96 valence electrons. The number of aliphatic carboxylic acids is 2. The van der Waals surface area contributed by atoms with Crippen LogP contribution in [0.2, 0.25) is 0 Å². The predicted octanol–water partition coefficient (Wildman–Crippen LogP) is 0.00640. The van der Waals surface area contributed by atoms with Gasteiger partial charge in [0.2, 0.25) is 0 Å². The molecule has 0 spiro atoms. The summed E-state index contributed by atoms with van der Waals surface area (Å²) in [5, 5.41) is 20.2. The number of rotatable bonds is 11. The molecule has 2 radical (unpaired) electrons. The molecule has 0 aliphatic heterocycles. The van der Waals surface area contributed by atoms with Crippen LogP contribution in [-0.4, -0.2) is 35.8 Å². The van der Waals surface area contributed by atoms with Crippen molar-refractivity contribution in [1.82, 2.24) is 0 Å². The second kappa shape index (κ2) is 13.8. The molecular weight excluding hydrogens is 327 g/mol. The van der Waals surface area contributed by atoms with Crippen molar-refractivity contribution in [3.05, 3.63) is 0 Å². The largest absolute Gasteiger partial charge is 2.00 e. The smallest absolute Gasteiger partial charge is 0.550 e. The van der Waals surface area contributed by atoms with Crippen molar-refractivity contribution in [2.24, 2.45) is 0 Å². The Kier molecular flexibility index (Phi) is 15.5. The summed E-state index contributed by atoms with van der Waals surface area (Å²) >= 11 is 0. The number of carbonyl (C=O) groups excluding carboxylic acids is 2. The second-order valence-corrected chi connectivity index (χ2v) is 4.07. The molecule has 0 aromatic carbocycles. The van der Waals surface area contributed by atoms with Crippen molar-refractivity contribution >= 4 is 35.8 Å². The first-order valence-electron chi connectivity index (χ1n) is 6.02. The van der Waals surface area contributed by atoms with Crippen LogP contribution in [0.1, 0.15) is 64.2 Å². The third-order valence-corrected chi connectivity index (χ3v) is 2.51. The molecular formula is C12H20O4Sn. The third kappa shape index (κ3) is 18.3. The van der Waals surface area contributed by atoms with Crippen molar-refractivity contribution in [1.29, 1.82) is 0 Å². The van der Waals surface area contributed by atoms with Gasteiger partial charge in [-0.1, -0.05) is 38.5 Å². The van der Waals surface area contributed by atoms with E-state index >= 15 is 0 Å². The van der Waals surface area contributed by atoms with Crippen LogP contribution in [0.15, 0.2) is 0 Å². The van der Waals surface area contributed by atoms with Gasteiger partial charge in [0.15, 0.2) is 0 Å². The zero-order chi connectivity index (χ0) is 12.2. The van der Waals surface area contributed by atoms with E-state index in [-0.39, 0.29) is 36.7 Å². The molecule has 0 N–H and O–H groups in total. The molecule has 0 amide bonds. The van der Waals surface area contributed by atoms with E-state index in [1.165, 1.54) is 0 Å². The number of unbranched alkanes of at least 4 members (excludes halogenated alkanes) is 7. The van der Waals surface area contributed by atoms with Crippen molar-refractivity contribution in [3.63, 3.8) is 0 Å². The van der Waals surface area contributed by atoms with Gasteiger partial charge in [-0.05, 0) is 25.7 Å². The van der Waals surface area contributed by atoms with Gasteiger partial charge in [-0.15, -0.1) is 0 Å². The van der Waals surface area contributed by atoms with Gasteiger partial charge in [-0.3, -0.25) is 0 Å². The minimum atomic E-state index is -0.970. The average molecular weight is 347 g/mol. The maximum Gasteiger partial charge on any atom is 2.00 e. The summed E-state index contributed by atoms with van der Waals surface area (Å²) in [7, 11) is 0. The van der Waals surface area contributed by atoms with E-state index in [1.54, 1.807) is 0 Å². The fourth-order valence-electron chi connectivity index (χ4n) is 1.60. The summed E-state index contributed by atoms with van der Waals surface area (Å²) in [4.78, 5) is 20.2. The topological polar surface area (TPSA) is 80.3 Å². The normalized spacial score (nSPS) is 9.65. The van der Waals surface area contributed by atoms with Crippen LogP contribution in [0.5, 0.6) is 0 Å². The molecule has 0 bridgehead atoms. The summed E-state index contributed by atoms with van der Waals surface area (Å²) in [6.07, 6.45) is 7.88. The molecule has 0 heterocycles. The zero-order valence-corrected chi connectivity index (χ0v) is 13.1. The Hall–Kier alpha value is -0.261. The van der Waals surface area contributed by atoms with Crippen LogP contribution in [0.4, 0.5) is 0 Å².